The monoisotopic (exact) mass is 366 g/mol. The van der Waals surface area contributed by atoms with E-state index in [1.54, 1.807) is 23.2 Å². The minimum atomic E-state index is -0.543. The van der Waals surface area contributed by atoms with E-state index in [1.807, 2.05) is 30.3 Å². The minimum absolute atomic E-state index is 0.0860. The highest BCUT2D eigenvalue weighted by Gasteiger charge is 2.30. The first-order valence-corrected chi connectivity index (χ1v) is 8.49. The van der Waals surface area contributed by atoms with E-state index >= 15 is 0 Å². The molecule has 2 aromatic heterocycles. The molecule has 4 rings (SSSR count). The molecule has 0 saturated heterocycles. The number of hydrogen-bond donors (Lipinski definition) is 2. The number of primary amides is 1. The summed E-state index contributed by atoms with van der Waals surface area (Å²) < 4.78 is 12.5. The standard InChI is InChI=1S/C19H18N4O4/c20-17(24)11-27-13-4-1-3-12(7-13)15-8-18(25)22-19-16(15)9-21-23(19)10-14-5-2-6-26-14/h1-7,9,15H,8,10-11H2,(H2,20,24)(H,22,25)/t15-/m1/s1. The number of carbonyl (C=O) groups excluding carboxylic acids is 2. The smallest absolute Gasteiger partial charge is 0.255 e. The summed E-state index contributed by atoms with van der Waals surface area (Å²) in [5.74, 6) is 1.16. The average Bonchev–Trinajstić information content (AvgIpc) is 3.30. The number of fused-ring (bicyclic) bond motifs is 1. The van der Waals surface area contributed by atoms with Crippen LogP contribution in [0.15, 0.2) is 53.3 Å². The van der Waals surface area contributed by atoms with Gasteiger partial charge in [-0.25, -0.2) is 4.68 Å². The van der Waals surface area contributed by atoms with Gasteiger partial charge in [0, 0.05) is 17.9 Å². The number of amides is 2. The Morgan fingerprint density at radius 1 is 1.37 bits per heavy atom. The Labute approximate surface area is 154 Å². The zero-order valence-electron chi connectivity index (χ0n) is 14.4. The quantitative estimate of drug-likeness (QED) is 0.691. The van der Waals surface area contributed by atoms with Crippen molar-refractivity contribution >= 4 is 17.6 Å². The predicted molar refractivity (Wildman–Crippen MR) is 96.3 cm³/mol. The van der Waals surface area contributed by atoms with E-state index in [0.29, 0.717) is 24.5 Å². The van der Waals surface area contributed by atoms with Crippen molar-refractivity contribution in [2.24, 2.45) is 5.73 Å². The summed E-state index contributed by atoms with van der Waals surface area (Å²) >= 11 is 0. The first-order valence-electron chi connectivity index (χ1n) is 8.49. The van der Waals surface area contributed by atoms with Gasteiger partial charge in [0.2, 0.25) is 5.91 Å². The van der Waals surface area contributed by atoms with E-state index in [2.05, 4.69) is 10.4 Å². The largest absolute Gasteiger partial charge is 0.484 e. The molecule has 1 atom stereocenters. The average molecular weight is 366 g/mol. The summed E-state index contributed by atoms with van der Waals surface area (Å²) in [6, 6.07) is 11.0. The molecule has 3 aromatic rings. The third-order valence-corrected chi connectivity index (χ3v) is 4.42. The van der Waals surface area contributed by atoms with Gasteiger partial charge in [0.25, 0.3) is 5.91 Å². The molecule has 1 aromatic carbocycles. The Bertz CT molecular complexity index is 978. The number of hydrogen-bond acceptors (Lipinski definition) is 5. The van der Waals surface area contributed by atoms with Gasteiger partial charge in [-0.05, 0) is 29.8 Å². The maximum atomic E-state index is 12.3. The molecular formula is C19H18N4O4. The van der Waals surface area contributed by atoms with E-state index in [-0.39, 0.29) is 18.4 Å². The second-order valence-corrected chi connectivity index (χ2v) is 6.32. The molecule has 0 spiro atoms. The maximum Gasteiger partial charge on any atom is 0.255 e. The summed E-state index contributed by atoms with van der Waals surface area (Å²) in [5.41, 5.74) is 6.96. The molecule has 1 aliphatic rings. The molecule has 8 heteroatoms. The Balaban J connectivity index is 1.64. The third kappa shape index (κ3) is 3.55. The molecule has 3 N–H and O–H groups in total. The van der Waals surface area contributed by atoms with E-state index in [9.17, 15) is 9.59 Å². The zero-order chi connectivity index (χ0) is 18.8. The van der Waals surface area contributed by atoms with Crippen molar-refractivity contribution in [2.45, 2.75) is 18.9 Å². The number of aromatic nitrogens is 2. The van der Waals surface area contributed by atoms with Crippen LogP contribution in [0.25, 0.3) is 0 Å². The Hall–Kier alpha value is -3.55. The summed E-state index contributed by atoms with van der Waals surface area (Å²) in [6.45, 7) is 0.234. The van der Waals surface area contributed by atoms with Gasteiger partial charge in [-0.2, -0.15) is 5.10 Å². The summed E-state index contributed by atoms with van der Waals surface area (Å²) in [7, 11) is 0. The predicted octanol–water partition coefficient (Wildman–Crippen LogP) is 1.86. The maximum absolute atomic E-state index is 12.3. The van der Waals surface area contributed by atoms with Crippen molar-refractivity contribution in [1.82, 2.24) is 9.78 Å². The van der Waals surface area contributed by atoms with Gasteiger partial charge in [-0.1, -0.05) is 12.1 Å². The number of nitrogens with two attached hydrogens (primary N) is 1. The van der Waals surface area contributed by atoms with Crippen molar-refractivity contribution in [3.05, 3.63) is 65.7 Å². The van der Waals surface area contributed by atoms with Crippen LogP contribution in [0.1, 0.15) is 29.2 Å². The number of nitrogens with zero attached hydrogens (tertiary/aromatic N) is 2. The fraction of sp³-hybridized carbons (Fsp3) is 0.211. The molecule has 0 unspecified atom stereocenters. The highest BCUT2D eigenvalue weighted by Crippen LogP contribution is 2.38. The number of nitrogens with one attached hydrogen (secondary N) is 1. The van der Waals surface area contributed by atoms with Gasteiger partial charge >= 0.3 is 0 Å². The van der Waals surface area contributed by atoms with Gasteiger partial charge in [0.15, 0.2) is 6.61 Å². The highest BCUT2D eigenvalue weighted by atomic mass is 16.5. The molecule has 0 saturated carbocycles. The lowest BCUT2D eigenvalue weighted by molar-refractivity contribution is -0.120. The van der Waals surface area contributed by atoms with E-state index in [0.717, 1.165) is 16.9 Å². The molecule has 3 heterocycles. The third-order valence-electron chi connectivity index (χ3n) is 4.42. The number of carbonyl (C=O) groups is 2. The fourth-order valence-corrected chi connectivity index (χ4v) is 3.21. The van der Waals surface area contributed by atoms with Crippen LogP contribution in [0.2, 0.25) is 0 Å². The molecule has 8 nitrogen and oxygen atoms in total. The van der Waals surface area contributed by atoms with Crippen LogP contribution in [0, 0.1) is 0 Å². The summed E-state index contributed by atoms with van der Waals surface area (Å²) in [4.78, 5) is 23.2. The van der Waals surface area contributed by atoms with Gasteiger partial charge in [-0.3, -0.25) is 9.59 Å². The topological polar surface area (TPSA) is 112 Å². The summed E-state index contributed by atoms with van der Waals surface area (Å²) in [5, 5.41) is 7.32. The van der Waals surface area contributed by atoms with Crippen LogP contribution in [0.5, 0.6) is 5.75 Å². The zero-order valence-corrected chi connectivity index (χ0v) is 14.4. The number of anilines is 1. The van der Waals surface area contributed by atoms with Crippen LogP contribution in [0.3, 0.4) is 0 Å². The van der Waals surface area contributed by atoms with E-state index in [1.165, 1.54) is 0 Å². The Kier molecular flexibility index (Phi) is 4.37. The van der Waals surface area contributed by atoms with Crippen molar-refractivity contribution in [3.63, 3.8) is 0 Å². The normalized spacial score (nSPS) is 15.9. The SMILES string of the molecule is NC(=O)COc1cccc([C@H]2CC(=O)Nc3c2cnn3Cc2ccco2)c1. The Morgan fingerprint density at radius 2 is 2.26 bits per heavy atom. The molecule has 0 fully saturated rings. The lowest BCUT2D eigenvalue weighted by atomic mass is 9.87. The second-order valence-electron chi connectivity index (χ2n) is 6.32. The summed E-state index contributed by atoms with van der Waals surface area (Å²) in [6.07, 6.45) is 3.67. The van der Waals surface area contributed by atoms with Gasteiger partial charge in [0.05, 0.1) is 12.5 Å². The molecule has 0 radical (unpaired) electrons. The lowest BCUT2D eigenvalue weighted by Crippen LogP contribution is -2.25. The van der Waals surface area contributed by atoms with Crippen LogP contribution in [-0.2, 0) is 16.1 Å². The number of furan rings is 1. The van der Waals surface area contributed by atoms with Crippen molar-refractivity contribution in [3.8, 4) is 5.75 Å². The molecular weight excluding hydrogens is 348 g/mol. The number of rotatable bonds is 6. The van der Waals surface area contributed by atoms with E-state index in [4.69, 9.17) is 14.9 Å². The lowest BCUT2D eigenvalue weighted by Gasteiger charge is -2.24. The molecule has 138 valence electrons. The number of benzene rings is 1. The van der Waals surface area contributed by atoms with Crippen LogP contribution >= 0.6 is 0 Å². The van der Waals surface area contributed by atoms with Gasteiger partial charge in [-0.15, -0.1) is 0 Å². The highest BCUT2D eigenvalue weighted by molar-refractivity contribution is 5.94. The number of ether oxygens (including phenoxy) is 1. The van der Waals surface area contributed by atoms with Gasteiger partial charge < -0.3 is 20.2 Å². The second kappa shape index (κ2) is 6.99. The molecule has 27 heavy (non-hydrogen) atoms. The molecule has 0 aliphatic carbocycles. The Morgan fingerprint density at radius 3 is 3.04 bits per heavy atom. The van der Waals surface area contributed by atoms with Crippen LogP contribution in [0.4, 0.5) is 5.82 Å². The molecule has 0 bridgehead atoms. The van der Waals surface area contributed by atoms with Crippen LogP contribution < -0.4 is 15.8 Å². The van der Waals surface area contributed by atoms with E-state index < -0.39 is 5.91 Å². The molecule has 2 amide bonds. The van der Waals surface area contributed by atoms with Crippen molar-refractivity contribution in [1.29, 1.82) is 0 Å². The fourth-order valence-electron chi connectivity index (χ4n) is 3.21. The van der Waals surface area contributed by atoms with Crippen LogP contribution in [-0.4, -0.2) is 28.2 Å². The molecule has 1 aliphatic heterocycles. The first kappa shape index (κ1) is 16.9. The van der Waals surface area contributed by atoms with Crippen molar-refractivity contribution in [2.75, 3.05) is 11.9 Å². The van der Waals surface area contributed by atoms with Crippen molar-refractivity contribution < 1.29 is 18.7 Å². The van der Waals surface area contributed by atoms with Gasteiger partial charge in [0.1, 0.15) is 23.9 Å². The minimum Gasteiger partial charge on any atom is -0.484 e. The first-order chi connectivity index (χ1) is 13.1.